The fraction of sp³-hybridized carbons (Fsp3) is 0.250. The van der Waals surface area contributed by atoms with Crippen molar-refractivity contribution in [3.63, 3.8) is 0 Å². The molecule has 0 amide bonds. The van der Waals surface area contributed by atoms with Gasteiger partial charge in [-0.25, -0.2) is 0 Å². The van der Waals surface area contributed by atoms with E-state index in [0.717, 1.165) is 28.9 Å². The maximum atomic E-state index is 12.4. The zero-order chi connectivity index (χ0) is 14.6. The molecule has 0 atom stereocenters. The highest BCUT2D eigenvalue weighted by Crippen LogP contribution is 2.29. The van der Waals surface area contributed by atoms with E-state index in [1.807, 2.05) is 31.2 Å². The van der Waals surface area contributed by atoms with Crippen LogP contribution < -0.4 is 5.32 Å². The molecule has 1 N–H and O–H groups in total. The Hall–Kier alpha value is -1.97. The molecule has 0 aliphatic carbocycles. The van der Waals surface area contributed by atoms with E-state index in [0.29, 0.717) is 13.0 Å². The molecule has 4 heteroatoms. The van der Waals surface area contributed by atoms with Gasteiger partial charge < -0.3 is 5.32 Å². The van der Waals surface area contributed by atoms with Crippen molar-refractivity contribution in [2.45, 2.75) is 19.5 Å². The molecule has 0 bridgehead atoms. The topological polar surface area (TPSA) is 12.0 Å². The number of hydrogen-bond acceptors (Lipinski definition) is 1. The van der Waals surface area contributed by atoms with Crippen molar-refractivity contribution in [3.8, 4) is 0 Å². The highest BCUT2D eigenvalue weighted by molar-refractivity contribution is 5.50. The van der Waals surface area contributed by atoms with E-state index in [1.165, 1.54) is 12.1 Å². The number of anilines is 1. The van der Waals surface area contributed by atoms with Crippen molar-refractivity contribution in [3.05, 3.63) is 65.2 Å². The third kappa shape index (κ3) is 3.76. The quantitative estimate of drug-likeness (QED) is 0.857. The Morgan fingerprint density at radius 2 is 1.60 bits per heavy atom. The van der Waals surface area contributed by atoms with E-state index in [9.17, 15) is 13.2 Å². The molecule has 0 aliphatic heterocycles. The second kappa shape index (κ2) is 5.99. The van der Waals surface area contributed by atoms with Crippen LogP contribution in [0.4, 0.5) is 18.9 Å². The largest absolute Gasteiger partial charge is 0.416 e. The number of benzene rings is 2. The van der Waals surface area contributed by atoms with Gasteiger partial charge in [0.25, 0.3) is 0 Å². The summed E-state index contributed by atoms with van der Waals surface area (Å²) in [5.74, 6) is 0. The molecule has 0 heterocycles. The van der Waals surface area contributed by atoms with Crippen LogP contribution >= 0.6 is 0 Å². The Morgan fingerprint density at radius 1 is 0.950 bits per heavy atom. The Kier molecular flexibility index (Phi) is 4.32. The standard InChI is InChI=1S/C16H16F3N/c1-12-4-2-3-5-15(12)20-11-10-13-6-8-14(9-7-13)16(17,18)19/h2-9,20H,10-11H2,1H3. The molecular formula is C16H16F3N. The highest BCUT2D eigenvalue weighted by atomic mass is 19.4. The minimum absolute atomic E-state index is 0.604. The van der Waals surface area contributed by atoms with Crippen molar-refractivity contribution in [2.75, 3.05) is 11.9 Å². The average Bonchev–Trinajstić information content (AvgIpc) is 2.40. The highest BCUT2D eigenvalue weighted by Gasteiger charge is 2.29. The van der Waals surface area contributed by atoms with Gasteiger partial charge in [0.1, 0.15) is 0 Å². The number of alkyl halides is 3. The van der Waals surface area contributed by atoms with Crippen molar-refractivity contribution >= 4 is 5.69 Å². The average molecular weight is 279 g/mol. The van der Waals surface area contributed by atoms with Crippen molar-refractivity contribution < 1.29 is 13.2 Å². The predicted octanol–water partition coefficient (Wildman–Crippen LogP) is 4.67. The van der Waals surface area contributed by atoms with Crippen LogP contribution in [0.1, 0.15) is 16.7 Å². The number of para-hydroxylation sites is 1. The fourth-order valence-corrected chi connectivity index (χ4v) is 1.97. The molecule has 0 radical (unpaired) electrons. The summed E-state index contributed by atoms with van der Waals surface area (Å²) in [5, 5.41) is 3.28. The van der Waals surface area contributed by atoms with Crippen LogP contribution in [0.5, 0.6) is 0 Å². The zero-order valence-electron chi connectivity index (χ0n) is 11.2. The Morgan fingerprint density at radius 3 is 2.20 bits per heavy atom. The molecule has 2 rings (SSSR count). The van der Waals surface area contributed by atoms with Gasteiger partial charge in [-0.1, -0.05) is 30.3 Å². The third-order valence-corrected chi connectivity index (χ3v) is 3.16. The van der Waals surface area contributed by atoms with Gasteiger partial charge in [0, 0.05) is 12.2 Å². The number of nitrogens with one attached hydrogen (secondary N) is 1. The third-order valence-electron chi connectivity index (χ3n) is 3.16. The lowest BCUT2D eigenvalue weighted by molar-refractivity contribution is -0.137. The van der Waals surface area contributed by atoms with Gasteiger partial charge in [-0.15, -0.1) is 0 Å². The smallest absolute Gasteiger partial charge is 0.384 e. The van der Waals surface area contributed by atoms with E-state index in [1.54, 1.807) is 0 Å². The molecular weight excluding hydrogens is 263 g/mol. The molecule has 106 valence electrons. The van der Waals surface area contributed by atoms with Crippen LogP contribution in [-0.2, 0) is 12.6 Å². The second-order valence-electron chi connectivity index (χ2n) is 4.69. The van der Waals surface area contributed by atoms with Gasteiger partial charge in [0.2, 0.25) is 0 Å². The number of halogens is 3. The van der Waals surface area contributed by atoms with Gasteiger partial charge in [0.05, 0.1) is 5.56 Å². The maximum Gasteiger partial charge on any atom is 0.416 e. The molecule has 0 unspecified atom stereocenters. The molecule has 2 aromatic rings. The van der Waals surface area contributed by atoms with E-state index in [2.05, 4.69) is 5.32 Å². The Bertz CT molecular complexity index is 559. The van der Waals surface area contributed by atoms with Gasteiger partial charge in [-0.3, -0.25) is 0 Å². The van der Waals surface area contributed by atoms with Crippen LogP contribution in [0.15, 0.2) is 48.5 Å². The van der Waals surface area contributed by atoms with Gasteiger partial charge in [0.15, 0.2) is 0 Å². The summed E-state index contributed by atoms with van der Waals surface area (Å²) >= 11 is 0. The number of aryl methyl sites for hydroxylation is 1. The van der Waals surface area contributed by atoms with Crippen molar-refractivity contribution in [1.29, 1.82) is 0 Å². The van der Waals surface area contributed by atoms with Gasteiger partial charge in [-0.05, 0) is 42.7 Å². The van der Waals surface area contributed by atoms with E-state index >= 15 is 0 Å². The first-order chi connectivity index (χ1) is 9.47. The van der Waals surface area contributed by atoms with Gasteiger partial charge >= 0.3 is 6.18 Å². The maximum absolute atomic E-state index is 12.4. The number of hydrogen-bond donors (Lipinski definition) is 1. The summed E-state index contributed by atoms with van der Waals surface area (Å²) in [6, 6.07) is 13.2. The van der Waals surface area contributed by atoms with Gasteiger partial charge in [-0.2, -0.15) is 13.2 Å². The molecule has 0 fully saturated rings. The molecule has 0 spiro atoms. The fourth-order valence-electron chi connectivity index (χ4n) is 1.97. The minimum Gasteiger partial charge on any atom is -0.384 e. The minimum atomic E-state index is -4.27. The Labute approximate surface area is 116 Å². The lowest BCUT2D eigenvalue weighted by atomic mass is 10.1. The van der Waals surface area contributed by atoms with Crippen LogP contribution in [0.2, 0.25) is 0 Å². The lowest BCUT2D eigenvalue weighted by Gasteiger charge is -2.10. The van der Waals surface area contributed by atoms with Crippen LogP contribution in [0, 0.1) is 6.92 Å². The molecule has 0 aliphatic rings. The molecule has 2 aromatic carbocycles. The zero-order valence-corrected chi connectivity index (χ0v) is 11.2. The van der Waals surface area contributed by atoms with E-state index in [-0.39, 0.29) is 0 Å². The molecule has 20 heavy (non-hydrogen) atoms. The van der Waals surface area contributed by atoms with Crippen LogP contribution in [-0.4, -0.2) is 6.54 Å². The summed E-state index contributed by atoms with van der Waals surface area (Å²) in [6.45, 7) is 2.71. The molecule has 0 saturated carbocycles. The molecule has 1 nitrogen and oxygen atoms in total. The number of rotatable bonds is 4. The second-order valence-corrected chi connectivity index (χ2v) is 4.69. The predicted molar refractivity (Wildman–Crippen MR) is 74.8 cm³/mol. The summed E-state index contributed by atoms with van der Waals surface area (Å²) in [5.41, 5.74) is 2.49. The monoisotopic (exact) mass is 279 g/mol. The summed E-state index contributed by atoms with van der Waals surface area (Å²) in [6.07, 6.45) is -3.58. The van der Waals surface area contributed by atoms with Crippen LogP contribution in [0.3, 0.4) is 0 Å². The van der Waals surface area contributed by atoms with Crippen LogP contribution in [0.25, 0.3) is 0 Å². The van der Waals surface area contributed by atoms with Crippen molar-refractivity contribution in [1.82, 2.24) is 0 Å². The van der Waals surface area contributed by atoms with E-state index < -0.39 is 11.7 Å². The normalized spacial score (nSPS) is 11.4. The first-order valence-electron chi connectivity index (χ1n) is 6.42. The summed E-state index contributed by atoms with van der Waals surface area (Å²) in [7, 11) is 0. The molecule has 0 saturated heterocycles. The summed E-state index contributed by atoms with van der Waals surface area (Å²) in [4.78, 5) is 0. The molecule has 0 aromatic heterocycles. The first-order valence-corrected chi connectivity index (χ1v) is 6.42. The SMILES string of the molecule is Cc1ccccc1NCCc1ccc(C(F)(F)F)cc1. The van der Waals surface area contributed by atoms with Crippen molar-refractivity contribution in [2.24, 2.45) is 0 Å². The summed E-state index contributed by atoms with van der Waals surface area (Å²) < 4.78 is 37.3. The Balaban J connectivity index is 1.90. The van der Waals surface area contributed by atoms with E-state index in [4.69, 9.17) is 0 Å². The first kappa shape index (κ1) is 14.4. The lowest BCUT2D eigenvalue weighted by Crippen LogP contribution is -2.07.